The molecule has 3 aliphatic rings. The Bertz CT molecular complexity index is 693. The zero-order chi connectivity index (χ0) is 17.4. The van der Waals surface area contributed by atoms with E-state index in [0.717, 1.165) is 32.4 Å². The van der Waals surface area contributed by atoms with Crippen LogP contribution in [0.1, 0.15) is 29.6 Å². The molecule has 1 aromatic rings. The van der Waals surface area contributed by atoms with Gasteiger partial charge in [0.05, 0.1) is 0 Å². The molecule has 0 aliphatic carbocycles. The molecule has 0 radical (unpaired) electrons. The summed E-state index contributed by atoms with van der Waals surface area (Å²) in [6, 6.07) is 5.04. The molecular weight excluding hydrogens is 358 g/mol. The Labute approximate surface area is 159 Å². The quantitative estimate of drug-likeness (QED) is 0.853. The van der Waals surface area contributed by atoms with E-state index in [1.165, 1.54) is 0 Å². The van der Waals surface area contributed by atoms with Crippen LogP contribution in [0.15, 0.2) is 18.2 Å². The van der Waals surface area contributed by atoms with E-state index in [2.05, 4.69) is 5.32 Å². The van der Waals surface area contributed by atoms with Crippen molar-refractivity contribution in [2.24, 2.45) is 0 Å². The molecular formula is C18H24ClN3O4. The molecule has 2 amide bonds. The number of rotatable bonds is 3. The van der Waals surface area contributed by atoms with Crippen LogP contribution in [0.4, 0.5) is 0 Å². The molecule has 7 nitrogen and oxygen atoms in total. The number of amides is 2. The van der Waals surface area contributed by atoms with Gasteiger partial charge in [0.15, 0.2) is 11.5 Å². The summed E-state index contributed by atoms with van der Waals surface area (Å²) in [7, 11) is 1.85. The lowest BCUT2D eigenvalue weighted by molar-refractivity contribution is -0.135. The van der Waals surface area contributed by atoms with E-state index in [4.69, 9.17) is 9.47 Å². The molecule has 8 heteroatoms. The Morgan fingerprint density at radius 2 is 2.04 bits per heavy atom. The van der Waals surface area contributed by atoms with Gasteiger partial charge in [-0.05, 0) is 44.0 Å². The predicted molar refractivity (Wildman–Crippen MR) is 97.9 cm³/mol. The molecule has 2 fully saturated rings. The Balaban J connectivity index is 0.00000196. The van der Waals surface area contributed by atoms with E-state index >= 15 is 0 Å². The predicted octanol–water partition coefficient (Wildman–Crippen LogP) is 1.26. The maximum absolute atomic E-state index is 13.0. The maximum atomic E-state index is 13.0. The second-order valence-corrected chi connectivity index (χ2v) is 6.82. The Morgan fingerprint density at radius 3 is 2.81 bits per heavy atom. The third kappa shape index (κ3) is 3.33. The van der Waals surface area contributed by atoms with Crippen molar-refractivity contribution in [3.05, 3.63) is 23.8 Å². The molecule has 1 N–H and O–H groups in total. The van der Waals surface area contributed by atoms with Crippen molar-refractivity contribution in [2.45, 2.75) is 31.3 Å². The van der Waals surface area contributed by atoms with Crippen molar-refractivity contribution < 1.29 is 19.1 Å². The smallest absolute Gasteiger partial charge is 0.254 e. The van der Waals surface area contributed by atoms with E-state index in [9.17, 15) is 9.59 Å². The molecule has 0 saturated carbocycles. The highest BCUT2D eigenvalue weighted by atomic mass is 35.5. The number of carbonyl (C=O) groups excluding carboxylic acids is 2. The third-order valence-electron chi connectivity index (χ3n) is 5.35. The summed E-state index contributed by atoms with van der Waals surface area (Å²) in [6.07, 6.45) is 2.54. The molecule has 2 unspecified atom stereocenters. The minimum Gasteiger partial charge on any atom is -0.454 e. The summed E-state index contributed by atoms with van der Waals surface area (Å²) in [4.78, 5) is 29.4. The van der Waals surface area contributed by atoms with Crippen LogP contribution in [-0.4, -0.2) is 67.2 Å². The highest BCUT2D eigenvalue weighted by Crippen LogP contribution is 2.33. The average Bonchev–Trinajstić information content (AvgIpc) is 3.40. The monoisotopic (exact) mass is 381 g/mol. The molecule has 0 bridgehead atoms. The number of likely N-dealkylation sites (N-methyl/N-ethyl adjacent to an activating group) is 1. The van der Waals surface area contributed by atoms with E-state index in [1.807, 2.05) is 11.9 Å². The minimum atomic E-state index is -0.372. The lowest BCUT2D eigenvalue weighted by Gasteiger charge is -2.31. The first kappa shape index (κ1) is 18.8. The number of halogens is 1. The highest BCUT2D eigenvalue weighted by Gasteiger charge is 2.38. The van der Waals surface area contributed by atoms with E-state index in [-0.39, 0.29) is 43.1 Å². The van der Waals surface area contributed by atoms with Gasteiger partial charge in [-0.25, -0.2) is 0 Å². The van der Waals surface area contributed by atoms with E-state index in [1.54, 1.807) is 23.1 Å². The van der Waals surface area contributed by atoms with Gasteiger partial charge in [0.2, 0.25) is 12.7 Å². The fraction of sp³-hybridized carbons (Fsp3) is 0.556. The maximum Gasteiger partial charge on any atom is 0.254 e. The summed E-state index contributed by atoms with van der Waals surface area (Å²) in [6.45, 7) is 2.55. The van der Waals surface area contributed by atoms with Gasteiger partial charge in [-0.3, -0.25) is 9.59 Å². The van der Waals surface area contributed by atoms with Crippen LogP contribution in [0, 0.1) is 0 Å². The number of nitrogens with one attached hydrogen (secondary N) is 1. The molecule has 3 aliphatic heterocycles. The Kier molecular flexibility index (Phi) is 5.58. The Hall–Kier alpha value is -1.99. The molecule has 2 saturated heterocycles. The van der Waals surface area contributed by atoms with Gasteiger partial charge in [0, 0.05) is 31.7 Å². The van der Waals surface area contributed by atoms with Crippen LogP contribution in [0.2, 0.25) is 0 Å². The molecule has 26 heavy (non-hydrogen) atoms. The highest BCUT2D eigenvalue weighted by molar-refractivity contribution is 5.98. The van der Waals surface area contributed by atoms with Crippen molar-refractivity contribution in [3.63, 3.8) is 0 Å². The average molecular weight is 382 g/mol. The van der Waals surface area contributed by atoms with Gasteiger partial charge in [0.25, 0.3) is 5.91 Å². The number of hydrogen-bond donors (Lipinski definition) is 1. The van der Waals surface area contributed by atoms with Crippen molar-refractivity contribution in [1.82, 2.24) is 15.1 Å². The van der Waals surface area contributed by atoms with Gasteiger partial charge in [0.1, 0.15) is 6.04 Å². The SMILES string of the molecule is CN(C(=O)C1CCCN1C(=O)c1ccc2c(c1)OCO2)C1CCNC1.Cl. The second kappa shape index (κ2) is 7.72. The summed E-state index contributed by atoms with van der Waals surface area (Å²) in [5.74, 6) is 1.16. The standard InChI is InChI=1S/C18H23N3O4.ClH/c1-20(13-6-7-19-10-13)18(23)14-3-2-8-21(14)17(22)12-4-5-15-16(9-12)25-11-24-15;/h4-5,9,13-14,19H,2-3,6-8,10-11H2,1H3;1H. The van der Waals surface area contributed by atoms with Gasteiger partial charge >= 0.3 is 0 Å². The van der Waals surface area contributed by atoms with Crippen molar-refractivity contribution in [2.75, 3.05) is 33.5 Å². The van der Waals surface area contributed by atoms with Gasteiger partial charge in [-0.1, -0.05) is 0 Å². The molecule has 1 aromatic carbocycles. The second-order valence-electron chi connectivity index (χ2n) is 6.82. The molecule has 3 heterocycles. The van der Waals surface area contributed by atoms with Crippen molar-refractivity contribution in [3.8, 4) is 11.5 Å². The van der Waals surface area contributed by atoms with Crippen LogP contribution in [0.3, 0.4) is 0 Å². The number of hydrogen-bond acceptors (Lipinski definition) is 5. The molecule has 142 valence electrons. The normalized spacial score (nSPS) is 23.7. The van der Waals surface area contributed by atoms with Crippen molar-refractivity contribution in [1.29, 1.82) is 0 Å². The number of fused-ring (bicyclic) bond motifs is 1. The lowest BCUT2D eigenvalue weighted by atomic mass is 10.1. The molecule has 4 rings (SSSR count). The van der Waals surface area contributed by atoms with Crippen LogP contribution in [0.25, 0.3) is 0 Å². The number of carbonyl (C=O) groups is 2. The van der Waals surface area contributed by atoms with Gasteiger partial charge in [-0.2, -0.15) is 0 Å². The third-order valence-corrected chi connectivity index (χ3v) is 5.35. The van der Waals surface area contributed by atoms with Crippen molar-refractivity contribution >= 4 is 24.2 Å². The van der Waals surface area contributed by atoms with Gasteiger partial charge < -0.3 is 24.6 Å². The number of benzene rings is 1. The zero-order valence-electron chi connectivity index (χ0n) is 14.8. The molecule has 0 spiro atoms. The first-order valence-electron chi connectivity index (χ1n) is 8.83. The summed E-state index contributed by atoms with van der Waals surface area (Å²) in [5.41, 5.74) is 0.536. The van der Waals surface area contributed by atoms with Gasteiger partial charge in [-0.15, -0.1) is 12.4 Å². The number of nitrogens with zero attached hydrogens (tertiary/aromatic N) is 2. The zero-order valence-corrected chi connectivity index (χ0v) is 15.6. The van der Waals surface area contributed by atoms with E-state index < -0.39 is 0 Å². The Morgan fingerprint density at radius 1 is 1.23 bits per heavy atom. The lowest BCUT2D eigenvalue weighted by Crippen LogP contribution is -2.50. The number of ether oxygens (including phenoxy) is 2. The fourth-order valence-corrected chi connectivity index (χ4v) is 3.85. The minimum absolute atomic E-state index is 0. The summed E-state index contributed by atoms with van der Waals surface area (Å²) >= 11 is 0. The first-order valence-corrected chi connectivity index (χ1v) is 8.83. The summed E-state index contributed by atoms with van der Waals surface area (Å²) in [5, 5.41) is 3.28. The van der Waals surface area contributed by atoms with Crippen LogP contribution >= 0.6 is 12.4 Å². The van der Waals surface area contributed by atoms with E-state index in [0.29, 0.717) is 23.6 Å². The fourth-order valence-electron chi connectivity index (χ4n) is 3.85. The summed E-state index contributed by atoms with van der Waals surface area (Å²) < 4.78 is 10.6. The van der Waals surface area contributed by atoms with Crippen LogP contribution in [0.5, 0.6) is 11.5 Å². The molecule has 2 atom stereocenters. The molecule has 0 aromatic heterocycles. The number of likely N-dealkylation sites (tertiary alicyclic amines) is 1. The first-order chi connectivity index (χ1) is 12.1. The van der Waals surface area contributed by atoms with Crippen LogP contribution in [-0.2, 0) is 4.79 Å². The largest absolute Gasteiger partial charge is 0.454 e. The van der Waals surface area contributed by atoms with Crippen LogP contribution < -0.4 is 14.8 Å². The topological polar surface area (TPSA) is 71.1 Å².